The second kappa shape index (κ2) is 8.92. The van der Waals surface area contributed by atoms with Crippen LogP contribution in [0, 0.1) is 6.92 Å². The lowest BCUT2D eigenvalue weighted by Crippen LogP contribution is -2.31. The fourth-order valence-electron chi connectivity index (χ4n) is 2.35. The van der Waals surface area contributed by atoms with Gasteiger partial charge in [-0.25, -0.2) is 0 Å². The molecule has 0 aliphatic rings. The van der Waals surface area contributed by atoms with E-state index >= 15 is 0 Å². The van der Waals surface area contributed by atoms with Crippen LogP contribution in [0.1, 0.15) is 30.0 Å². The Morgan fingerprint density at radius 1 is 1.17 bits per heavy atom. The molecule has 0 fully saturated rings. The molecular formula is C19H24ClNO2. The summed E-state index contributed by atoms with van der Waals surface area (Å²) in [4.78, 5) is 0. The summed E-state index contributed by atoms with van der Waals surface area (Å²) in [6.45, 7) is 5.38. The molecule has 2 aromatic rings. The molecule has 0 saturated heterocycles. The number of halogens is 1. The number of benzene rings is 2. The van der Waals surface area contributed by atoms with E-state index in [-0.39, 0.29) is 12.6 Å². The Morgan fingerprint density at radius 3 is 2.65 bits per heavy atom. The number of aliphatic hydroxyl groups excluding tert-OH is 1. The summed E-state index contributed by atoms with van der Waals surface area (Å²) in [5, 5.41) is 13.3. The number of ether oxygens (including phenoxy) is 1. The van der Waals surface area contributed by atoms with Gasteiger partial charge in [0, 0.05) is 23.2 Å². The van der Waals surface area contributed by atoms with Gasteiger partial charge >= 0.3 is 0 Å². The highest BCUT2D eigenvalue weighted by Crippen LogP contribution is 2.24. The minimum atomic E-state index is 0.0817. The van der Waals surface area contributed by atoms with Gasteiger partial charge in [-0.3, -0.25) is 0 Å². The Balaban J connectivity index is 2.07. The topological polar surface area (TPSA) is 41.5 Å². The van der Waals surface area contributed by atoms with Crippen LogP contribution in [0.15, 0.2) is 42.5 Å². The smallest absolute Gasteiger partial charge is 0.124 e. The van der Waals surface area contributed by atoms with Crippen LogP contribution < -0.4 is 10.1 Å². The summed E-state index contributed by atoms with van der Waals surface area (Å²) >= 11 is 6.11. The Kier molecular flexibility index (Phi) is 6.90. The van der Waals surface area contributed by atoms with Crippen LogP contribution in [0.5, 0.6) is 5.75 Å². The molecule has 2 N–H and O–H groups in total. The SMILES string of the molecule is CC[C@@H](CO)NCc1cc(Cl)ccc1OCc1ccccc1C. The van der Waals surface area contributed by atoms with E-state index in [1.54, 1.807) is 0 Å². The average molecular weight is 334 g/mol. The molecule has 2 rings (SSSR count). The minimum Gasteiger partial charge on any atom is -0.489 e. The third-order valence-electron chi connectivity index (χ3n) is 3.96. The van der Waals surface area contributed by atoms with Crippen LogP contribution in [0.4, 0.5) is 0 Å². The number of nitrogens with one attached hydrogen (secondary N) is 1. The van der Waals surface area contributed by atoms with Crippen molar-refractivity contribution in [3.05, 3.63) is 64.2 Å². The van der Waals surface area contributed by atoms with Crippen molar-refractivity contribution >= 4 is 11.6 Å². The fraction of sp³-hybridized carbons (Fsp3) is 0.368. The van der Waals surface area contributed by atoms with Crippen LogP contribution in [-0.2, 0) is 13.2 Å². The van der Waals surface area contributed by atoms with Crippen LogP contribution in [0.3, 0.4) is 0 Å². The molecule has 0 heterocycles. The maximum atomic E-state index is 9.29. The van der Waals surface area contributed by atoms with Gasteiger partial charge in [0.15, 0.2) is 0 Å². The Hall–Kier alpha value is -1.55. The summed E-state index contributed by atoms with van der Waals surface area (Å²) in [5.74, 6) is 0.818. The molecule has 1 atom stereocenters. The van der Waals surface area contributed by atoms with Gasteiger partial charge < -0.3 is 15.2 Å². The first kappa shape index (κ1) is 17.8. The van der Waals surface area contributed by atoms with Crippen LogP contribution in [0.25, 0.3) is 0 Å². The third-order valence-corrected chi connectivity index (χ3v) is 4.20. The number of aryl methyl sites for hydroxylation is 1. The molecule has 0 aliphatic heterocycles. The largest absolute Gasteiger partial charge is 0.489 e. The predicted octanol–water partition coefficient (Wildman–Crippen LogP) is 4.09. The first-order valence-corrected chi connectivity index (χ1v) is 8.31. The van der Waals surface area contributed by atoms with Crippen LogP contribution in [0.2, 0.25) is 5.02 Å². The molecular weight excluding hydrogens is 310 g/mol. The van der Waals surface area contributed by atoms with Crippen LogP contribution in [-0.4, -0.2) is 17.8 Å². The zero-order valence-corrected chi connectivity index (χ0v) is 14.4. The fourth-order valence-corrected chi connectivity index (χ4v) is 2.54. The third kappa shape index (κ3) is 5.24. The summed E-state index contributed by atoms with van der Waals surface area (Å²) in [6, 6.07) is 13.9. The van der Waals surface area contributed by atoms with Crippen molar-refractivity contribution in [2.45, 2.75) is 39.5 Å². The first-order valence-electron chi connectivity index (χ1n) is 7.94. The molecule has 0 saturated carbocycles. The van der Waals surface area contributed by atoms with Crippen molar-refractivity contribution in [3.63, 3.8) is 0 Å². The minimum absolute atomic E-state index is 0.0817. The van der Waals surface area contributed by atoms with Gasteiger partial charge in [-0.1, -0.05) is 42.8 Å². The van der Waals surface area contributed by atoms with E-state index in [1.165, 1.54) is 11.1 Å². The summed E-state index contributed by atoms with van der Waals surface area (Å²) in [5.41, 5.74) is 3.38. The molecule has 0 aromatic heterocycles. The van der Waals surface area contributed by atoms with Gasteiger partial charge in [0.2, 0.25) is 0 Å². The molecule has 23 heavy (non-hydrogen) atoms. The quantitative estimate of drug-likeness (QED) is 0.764. The summed E-state index contributed by atoms with van der Waals surface area (Å²) < 4.78 is 6.00. The monoisotopic (exact) mass is 333 g/mol. The standard InChI is InChI=1S/C19H24ClNO2/c1-3-18(12-22)21-11-16-10-17(20)8-9-19(16)23-13-15-7-5-4-6-14(15)2/h4-10,18,21-22H,3,11-13H2,1-2H3/t18-/m0/s1. The van der Waals surface area contributed by atoms with E-state index in [0.29, 0.717) is 18.2 Å². The zero-order valence-electron chi connectivity index (χ0n) is 13.7. The van der Waals surface area contributed by atoms with E-state index in [0.717, 1.165) is 17.7 Å². The van der Waals surface area contributed by atoms with E-state index in [2.05, 4.69) is 24.4 Å². The Labute approximate surface area is 143 Å². The van der Waals surface area contributed by atoms with Crippen LogP contribution >= 0.6 is 11.6 Å². The maximum absolute atomic E-state index is 9.29. The van der Waals surface area contributed by atoms with E-state index < -0.39 is 0 Å². The molecule has 2 aromatic carbocycles. The molecule has 0 aliphatic carbocycles. The van der Waals surface area contributed by atoms with Gasteiger partial charge in [-0.15, -0.1) is 0 Å². The second-order valence-corrected chi connectivity index (χ2v) is 6.07. The van der Waals surface area contributed by atoms with Crippen molar-refractivity contribution < 1.29 is 9.84 Å². The zero-order chi connectivity index (χ0) is 16.7. The van der Waals surface area contributed by atoms with Crippen molar-refractivity contribution in [3.8, 4) is 5.75 Å². The van der Waals surface area contributed by atoms with Gasteiger partial charge in [0.25, 0.3) is 0 Å². The molecule has 0 spiro atoms. The van der Waals surface area contributed by atoms with Gasteiger partial charge in [-0.2, -0.15) is 0 Å². The lowest BCUT2D eigenvalue weighted by atomic mass is 10.1. The second-order valence-electron chi connectivity index (χ2n) is 5.64. The average Bonchev–Trinajstić information content (AvgIpc) is 2.56. The number of aliphatic hydroxyl groups is 1. The maximum Gasteiger partial charge on any atom is 0.124 e. The predicted molar refractivity (Wildman–Crippen MR) is 95.0 cm³/mol. The Bertz CT molecular complexity index is 627. The first-order chi connectivity index (χ1) is 11.1. The van der Waals surface area contributed by atoms with E-state index in [1.807, 2.05) is 37.3 Å². The van der Waals surface area contributed by atoms with E-state index in [9.17, 15) is 5.11 Å². The van der Waals surface area contributed by atoms with Crippen molar-refractivity contribution in [2.24, 2.45) is 0 Å². The normalized spacial score (nSPS) is 12.2. The molecule has 4 heteroatoms. The Morgan fingerprint density at radius 2 is 1.96 bits per heavy atom. The van der Waals surface area contributed by atoms with Gasteiger partial charge in [0.1, 0.15) is 12.4 Å². The molecule has 0 radical (unpaired) electrons. The van der Waals surface area contributed by atoms with Gasteiger partial charge in [-0.05, 0) is 42.7 Å². The van der Waals surface area contributed by atoms with E-state index in [4.69, 9.17) is 16.3 Å². The summed E-state index contributed by atoms with van der Waals surface area (Å²) in [7, 11) is 0. The lowest BCUT2D eigenvalue weighted by Gasteiger charge is -2.17. The molecule has 0 bridgehead atoms. The molecule has 0 amide bonds. The molecule has 124 valence electrons. The highest BCUT2D eigenvalue weighted by molar-refractivity contribution is 6.30. The number of rotatable bonds is 8. The molecule has 3 nitrogen and oxygen atoms in total. The van der Waals surface area contributed by atoms with Crippen molar-refractivity contribution in [1.29, 1.82) is 0 Å². The highest BCUT2D eigenvalue weighted by Gasteiger charge is 2.09. The van der Waals surface area contributed by atoms with Gasteiger partial charge in [0.05, 0.1) is 6.61 Å². The number of hydrogen-bond donors (Lipinski definition) is 2. The molecule has 0 unspecified atom stereocenters. The summed E-state index contributed by atoms with van der Waals surface area (Å²) in [6.07, 6.45) is 0.871. The van der Waals surface area contributed by atoms with Crippen molar-refractivity contribution in [1.82, 2.24) is 5.32 Å². The number of hydrogen-bond acceptors (Lipinski definition) is 3. The van der Waals surface area contributed by atoms with Crippen molar-refractivity contribution in [2.75, 3.05) is 6.61 Å². The lowest BCUT2D eigenvalue weighted by molar-refractivity contribution is 0.237. The highest BCUT2D eigenvalue weighted by atomic mass is 35.5.